The van der Waals surface area contributed by atoms with Crippen molar-refractivity contribution in [1.82, 2.24) is 4.57 Å². The molecule has 0 unspecified atom stereocenters. The maximum Gasteiger partial charge on any atom is 0.261 e. The first kappa shape index (κ1) is 19.6. The zero-order chi connectivity index (χ0) is 25.6. The van der Waals surface area contributed by atoms with Gasteiger partial charge in [0.1, 0.15) is 0 Å². The highest BCUT2D eigenvalue weighted by Gasteiger charge is 2.31. The number of hydrogen-bond donors (Lipinski definition) is 0. The molecule has 8 aromatic carbocycles. The zero-order valence-electron chi connectivity index (χ0n) is 19.9. The van der Waals surface area contributed by atoms with E-state index in [4.69, 9.17) is 0 Å². The summed E-state index contributed by atoms with van der Waals surface area (Å²) in [5.74, 6) is 0. The lowest BCUT2D eigenvalue weighted by Crippen LogP contribution is -2.21. The summed E-state index contributed by atoms with van der Waals surface area (Å²) in [5, 5.41) is 33.6. The Kier molecular flexibility index (Phi) is 3.13. The molecule has 0 saturated carbocycles. The van der Waals surface area contributed by atoms with Crippen molar-refractivity contribution in [2.45, 2.75) is 0 Å². The van der Waals surface area contributed by atoms with E-state index in [9.17, 15) is 20.1 Å². The predicted molar refractivity (Wildman–Crippen MR) is 152 cm³/mol. The molecule has 5 heteroatoms. The molecule has 0 N–H and O–H groups in total. The minimum atomic E-state index is -0.306. The average molecular weight is 483 g/mol. The summed E-state index contributed by atoms with van der Waals surface area (Å²) in [4.78, 5) is 27.5. The number of aromatic nitrogens is 1. The van der Waals surface area contributed by atoms with Crippen LogP contribution in [0.3, 0.4) is 0 Å². The summed E-state index contributed by atoms with van der Waals surface area (Å²) in [6.45, 7) is 0. The fourth-order valence-corrected chi connectivity index (χ4v) is 7.27. The standard InChI is InChI=1S/C33H13N3O2/c1-36-32(37)30-23-18-8-4-2-6-16(18)20-10-14(12-34)22-15(13-35)11-21-17-7-3-5-9-19(17)24(31(30)33(36)38)29-26(21)27(22)25(20)28(23)29/h2-11H,1H3. The quantitative estimate of drug-likeness (QED) is 0.232. The third kappa shape index (κ3) is 1.82. The molecule has 0 spiro atoms. The number of fused-ring (bicyclic) bond motifs is 9. The van der Waals surface area contributed by atoms with Crippen LogP contribution in [0.1, 0.15) is 11.1 Å². The van der Waals surface area contributed by atoms with Crippen LogP contribution < -0.4 is 11.1 Å². The zero-order valence-corrected chi connectivity index (χ0v) is 19.9. The third-order valence-electron chi connectivity index (χ3n) is 8.66. The predicted octanol–water partition coefficient (Wildman–Crippen LogP) is 6.47. The molecule has 9 aromatic rings. The van der Waals surface area contributed by atoms with E-state index in [0.29, 0.717) is 27.3 Å². The van der Waals surface area contributed by atoms with E-state index in [2.05, 4.69) is 12.1 Å². The average Bonchev–Trinajstić information content (AvgIpc) is 3.42. The lowest BCUT2D eigenvalue weighted by atomic mass is 9.88. The van der Waals surface area contributed by atoms with Crippen LogP contribution in [0.15, 0.2) is 70.3 Å². The molecule has 0 fully saturated rings. The second-order valence-electron chi connectivity index (χ2n) is 10.2. The van der Waals surface area contributed by atoms with E-state index in [0.717, 1.165) is 70.0 Å². The van der Waals surface area contributed by atoms with Gasteiger partial charge >= 0.3 is 0 Å². The van der Waals surface area contributed by atoms with Crippen molar-refractivity contribution in [3.05, 3.63) is 92.5 Å². The van der Waals surface area contributed by atoms with Crippen molar-refractivity contribution in [1.29, 1.82) is 10.5 Å². The fraction of sp³-hybridized carbons (Fsp3) is 0.0303. The Morgan fingerprint density at radius 3 is 1.29 bits per heavy atom. The van der Waals surface area contributed by atoms with Gasteiger partial charge in [0.2, 0.25) is 0 Å². The van der Waals surface area contributed by atoms with Crippen molar-refractivity contribution in [2.24, 2.45) is 7.05 Å². The Bertz CT molecular complexity index is 2560. The molecule has 1 aromatic heterocycles. The fourth-order valence-electron chi connectivity index (χ4n) is 7.27. The molecule has 1 heterocycles. The molecule has 0 amide bonds. The molecule has 172 valence electrons. The largest absolute Gasteiger partial charge is 0.277 e. The lowest BCUT2D eigenvalue weighted by molar-refractivity contribution is 0.857. The van der Waals surface area contributed by atoms with Crippen molar-refractivity contribution in [3.8, 4) is 12.1 Å². The maximum atomic E-state index is 13.7. The molecule has 5 nitrogen and oxygen atoms in total. The summed E-state index contributed by atoms with van der Waals surface area (Å²) in [6.07, 6.45) is 0. The SMILES string of the molecule is Cn1c(=O)c2c(c1=O)c1c3ccccc3c3cc(C#N)c4c(C#N)cc5c6ccccc6c2c2c5c4c3c12. The molecular formula is C33H13N3O2. The van der Waals surface area contributed by atoms with Gasteiger partial charge in [-0.05, 0) is 55.2 Å². The second kappa shape index (κ2) is 6.06. The van der Waals surface area contributed by atoms with Gasteiger partial charge in [0.15, 0.2) is 0 Å². The smallest absolute Gasteiger partial charge is 0.261 e. The van der Waals surface area contributed by atoms with E-state index in [-0.39, 0.29) is 11.1 Å². The summed E-state index contributed by atoms with van der Waals surface area (Å²) in [6, 6.07) is 24.2. The number of nitrogens with zero attached hydrogens (tertiary/aromatic N) is 3. The van der Waals surface area contributed by atoms with Crippen molar-refractivity contribution >= 4 is 86.2 Å². The van der Waals surface area contributed by atoms with Gasteiger partial charge in [0.05, 0.1) is 34.0 Å². The molecule has 0 radical (unpaired) electrons. The Hall–Kier alpha value is -5.52. The number of nitriles is 2. The van der Waals surface area contributed by atoms with Crippen LogP contribution in [0.2, 0.25) is 0 Å². The lowest BCUT2D eigenvalue weighted by Gasteiger charge is -2.13. The number of hydrogen-bond acceptors (Lipinski definition) is 4. The topological polar surface area (TPSA) is 86.7 Å². The normalized spacial score (nSPS) is 12.5. The van der Waals surface area contributed by atoms with Gasteiger partial charge in [0.25, 0.3) is 11.1 Å². The Morgan fingerprint density at radius 1 is 0.500 bits per heavy atom. The van der Waals surface area contributed by atoms with E-state index in [1.807, 2.05) is 60.7 Å². The van der Waals surface area contributed by atoms with Gasteiger partial charge < -0.3 is 0 Å². The van der Waals surface area contributed by atoms with E-state index in [1.165, 1.54) is 4.57 Å². The Labute approximate surface area is 212 Å². The molecule has 0 aliphatic carbocycles. The van der Waals surface area contributed by atoms with Crippen molar-refractivity contribution in [3.63, 3.8) is 0 Å². The van der Waals surface area contributed by atoms with Crippen molar-refractivity contribution in [2.75, 3.05) is 0 Å². The first-order valence-electron chi connectivity index (χ1n) is 12.3. The summed E-state index contributed by atoms with van der Waals surface area (Å²) in [7, 11) is 1.54. The number of rotatable bonds is 0. The first-order valence-corrected chi connectivity index (χ1v) is 12.3. The van der Waals surface area contributed by atoms with Crippen molar-refractivity contribution < 1.29 is 0 Å². The van der Waals surface area contributed by atoms with Crippen LogP contribution in [-0.2, 0) is 7.05 Å². The molecule has 0 saturated heterocycles. The molecule has 0 bridgehead atoms. The highest BCUT2D eigenvalue weighted by atomic mass is 16.2. The molecule has 9 rings (SSSR count). The van der Waals surface area contributed by atoms with Crippen LogP contribution in [-0.4, -0.2) is 4.57 Å². The van der Waals surface area contributed by atoms with Gasteiger partial charge in [-0.1, -0.05) is 48.5 Å². The highest BCUT2D eigenvalue weighted by Crippen LogP contribution is 2.55. The molecule has 0 aliphatic rings. The monoisotopic (exact) mass is 483 g/mol. The maximum absolute atomic E-state index is 13.7. The summed E-state index contributed by atoms with van der Waals surface area (Å²) < 4.78 is 1.22. The van der Waals surface area contributed by atoms with Crippen LogP contribution in [0.5, 0.6) is 0 Å². The minimum Gasteiger partial charge on any atom is -0.277 e. The molecule has 0 atom stereocenters. The number of benzene rings is 7. The van der Waals surface area contributed by atoms with Gasteiger partial charge in [0, 0.05) is 39.4 Å². The van der Waals surface area contributed by atoms with Gasteiger partial charge in [-0.2, -0.15) is 10.5 Å². The molecular weight excluding hydrogens is 470 g/mol. The van der Waals surface area contributed by atoms with Gasteiger partial charge in [-0.3, -0.25) is 14.2 Å². The van der Waals surface area contributed by atoms with Gasteiger partial charge in [-0.25, -0.2) is 0 Å². The van der Waals surface area contributed by atoms with E-state index >= 15 is 0 Å². The first-order chi connectivity index (χ1) is 18.6. The highest BCUT2D eigenvalue weighted by molar-refractivity contribution is 6.55. The van der Waals surface area contributed by atoms with Gasteiger partial charge in [-0.15, -0.1) is 0 Å². The Balaban J connectivity index is 1.90. The van der Waals surface area contributed by atoms with E-state index in [1.54, 1.807) is 7.05 Å². The summed E-state index contributed by atoms with van der Waals surface area (Å²) in [5.41, 5.74) is 0.284. The minimum absolute atomic E-state index is 0.306. The van der Waals surface area contributed by atoms with Crippen LogP contribution >= 0.6 is 0 Å². The Morgan fingerprint density at radius 2 is 0.868 bits per heavy atom. The van der Waals surface area contributed by atoms with Crippen LogP contribution in [0, 0.1) is 22.7 Å². The molecule has 0 aliphatic heterocycles. The second-order valence-corrected chi connectivity index (χ2v) is 10.2. The molecule has 38 heavy (non-hydrogen) atoms. The van der Waals surface area contributed by atoms with E-state index < -0.39 is 0 Å². The van der Waals surface area contributed by atoms with Crippen LogP contribution in [0.4, 0.5) is 0 Å². The van der Waals surface area contributed by atoms with Crippen LogP contribution in [0.25, 0.3) is 86.2 Å². The third-order valence-corrected chi connectivity index (χ3v) is 8.66. The summed E-state index contributed by atoms with van der Waals surface area (Å²) >= 11 is 0.